The minimum Gasteiger partial charge on any atom is -0.493 e. The van der Waals surface area contributed by atoms with Crippen molar-refractivity contribution in [2.24, 2.45) is 23.7 Å². The highest BCUT2D eigenvalue weighted by Crippen LogP contribution is 2.37. The van der Waals surface area contributed by atoms with Crippen molar-refractivity contribution in [3.8, 4) is 11.5 Å². The largest absolute Gasteiger partial charge is 0.493 e. The van der Waals surface area contributed by atoms with Crippen LogP contribution >= 0.6 is 0 Å². The molecule has 1 saturated heterocycles. The van der Waals surface area contributed by atoms with Crippen molar-refractivity contribution in [2.45, 2.75) is 59.4 Å². The van der Waals surface area contributed by atoms with Gasteiger partial charge in [-0.25, -0.2) is 0 Å². The predicted octanol–water partition coefficient (Wildman–Crippen LogP) is 3.25. The number of carbonyl (C=O) groups is 4. The van der Waals surface area contributed by atoms with Crippen LogP contribution in [0.5, 0.6) is 11.5 Å². The Morgan fingerprint density at radius 2 is 1.61 bits per heavy atom. The highest BCUT2D eigenvalue weighted by molar-refractivity contribution is 6.08. The summed E-state index contributed by atoms with van der Waals surface area (Å²) in [5.41, 5.74) is 5.07. The molecule has 0 radical (unpaired) electrons. The normalized spacial score (nSPS) is 19.9. The zero-order chi connectivity index (χ0) is 26.4. The van der Waals surface area contributed by atoms with Crippen molar-refractivity contribution in [1.82, 2.24) is 15.8 Å². The van der Waals surface area contributed by atoms with Gasteiger partial charge in [-0.1, -0.05) is 39.8 Å². The summed E-state index contributed by atoms with van der Waals surface area (Å²) < 4.78 is 11.1. The molecule has 1 aliphatic carbocycles. The summed E-state index contributed by atoms with van der Waals surface area (Å²) in [6, 6.07) is 3.76. The van der Waals surface area contributed by atoms with Crippen LogP contribution in [0, 0.1) is 23.7 Å². The van der Waals surface area contributed by atoms with E-state index in [-0.39, 0.29) is 23.3 Å². The van der Waals surface area contributed by atoms with Crippen LogP contribution < -0.4 is 20.3 Å². The van der Waals surface area contributed by atoms with Gasteiger partial charge in [0.1, 0.15) is 6.04 Å². The molecule has 196 valence electrons. The van der Waals surface area contributed by atoms with Gasteiger partial charge in [0.05, 0.1) is 25.6 Å². The maximum atomic E-state index is 13.1. The van der Waals surface area contributed by atoms with Gasteiger partial charge in [0.25, 0.3) is 11.8 Å². The number of rotatable bonds is 10. The number of hydrogen-bond acceptors (Lipinski definition) is 6. The van der Waals surface area contributed by atoms with E-state index in [2.05, 4.69) is 24.7 Å². The van der Waals surface area contributed by atoms with E-state index in [0.29, 0.717) is 43.3 Å². The fourth-order valence-corrected chi connectivity index (χ4v) is 4.52. The summed E-state index contributed by atoms with van der Waals surface area (Å²) in [5.74, 6) is -1.18. The number of ether oxygens (including phenoxy) is 2. The van der Waals surface area contributed by atoms with Crippen LogP contribution in [-0.4, -0.2) is 48.3 Å². The maximum Gasteiger partial charge on any atom is 0.269 e. The third kappa shape index (κ3) is 6.25. The summed E-state index contributed by atoms with van der Waals surface area (Å²) in [4.78, 5) is 53.0. The number of hydrogen-bond donors (Lipinski definition) is 2. The zero-order valence-electron chi connectivity index (χ0n) is 21.7. The van der Waals surface area contributed by atoms with Crippen LogP contribution in [0.25, 0.3) is 0 Å². The molecule has 1 aliphatic heterocycles. The highest BCUT2D eigenvalue weighted by Gasteiger charge is 2.51. The van der Waals surface area contributed by atoms with E-state index < -0.39 is 29.7 Å². The van der Waals surface area contributed by atoms with E-state index in [1.165, 1.54) is 13.2 Å². The van der Waals surface area contributed by atoms with Crippen molar-refractivity contribution >= 4 is 23.6 Å². The number of fused-ring (bicyclic) bond motifs is 1. The Labute approximate surface area is 212 Å². The van der Waals surface area contributed by atoms with Crippen LogP contribution in [-0.2, 0) is 14.4 Å². The van der Waals surface area contributed by atoms with Crippen LogP contribution in [0.4, 0.5) is 0 Å². The molecule has 2 aliphatic rings. The van der Waals surface area contributed by atoms with Crippen LogP contribution in [0.15, 0.2) is 30.4 Å². The van der Waals surface area contributed by atoms with Crippen molar-refractivity contribution in [3.05, 3.63) is 35.9 Å². The number of imide groups is 1. The first-order valence-corrected chi connectivity index (χ1v) is 12.6. The number of likely N-dealkylation sites (tertiary alicyclic amines) is 1. The maximum absolute atomic E-state index is 13.1. The molecule has 4 amide bonds. The number of benzene rings is 1. The first kappa shape index (κ1) is 27.2. The van der Waals surface area contributed by atoms with Gasteiger partial charge in [-0.15, -0.1) is 0 Å². The van der Waals surface area contributed by atoms with Gasteiger partial charge < -0.3 is 9.47 Å². The molecule has 3 atom stereocenters. The minimum atomic E-state index is -0.998. The number of nitrogens with one attached hydrogen (secondary N) is 2. The Balaban J connectivity index is 1.67. The van der Waals surface area contributed by atoms with Crippen LogP contribution in [0.2, 0.25) is 0 Å². The second-order valence-corrected chi connectivity index (χ2v) is 10.2. The van der Waals surface area contributed by atoms with Crippen molar-refractivity contribution in [2.75, 3.05) is 13.7 Å². The minimum absolute atomic E-state index is 0.0466. The Bertz CT molecular complexity index is 993. The molecule has 0 aromatic heterocycles. The fourth-order valence-electron chi connectivity index (χ4n) is 4.52. The monoisotopic (exact) mass is 499 g/mol. The van der Waals surface area contributed by atoms with Gasteiger partial charge in [-0.05, 0) is 55.7 Å². The molecular weight excluding hydrogens is 462 g/mol. The lowest BCUT2D eigenvalue weighted by molar-refractivity contribution is -0.148. The predicted molar refractivity (Wildman–Crippen MR) is 134 cm³/mol. The van der Waals surface area contributed by atoms with Crippen molar-refractivity contribution < 1.29 is 28.7 Å². The number of allylic oxidation sites excluding steroid dienone is 2. The molecule has 1 aromatic rings. The second kappa shape index (κ2) is 12.1. The lowest BCUT2D eigenvalue weighted by Gasteiger charge is -2.27. The van der Waals surface area contributed by atoms with E-state index in [4.69, 9.17) is 9.47 Å². The molecule has 1 aromatic carbocycles. The third-order valence-corrected chi connectivity index (χ3v) is 6.53. The SMILES string of the molecule is COc1cc(C(=O)NNC(=O)C(CC(C)C)N2C(=O)C3CC=CCC3C2=O)ccc1OCCC(C)C. The quantitative estimate of drug-likeness (QED) is 0.290. The summed E-state index contributed by atoms with van der Waals surface area (Å²) in [6.45, 7) is 8.56. The van der Waals surface area contributed by atoms with E-state index in [0.717, 1.165) is 11.3 Å². The van der Waals surface area contributed by atoms with E-state index in [1.807, 2.05) is 26.0 Å². The zero-order valence-corrected chi connectivity index (χ0v) is 21.7. The van der Waals surface area contributed by atoms with Crippen molar-refractivity contribution in [1.29, 1.82) is 0 Å². The van der Waals surface area contributed by atoms with Crippen LogP contribution in [0.1, 0.15) is 63.7 Å². The van der Waals surface area contributed by atoms with Gasteiger partial charge in [0.15, 0.2) is 11.5 Å². The topological polar surface area (TPSA) is 114 Å². The molecule has 1 heterocycles. The first-order chi connectivity index (χ1) is 17.1. The lowest BCUT2D eigenvalue weighted by Crippen LogP contribution is -2.54. The number of nitrogens with zero attached hydrogens (tertiary/aromatic N) is 1. The molecule has 0 bridgehead atoms. The lowest BCUT2D eigenvalue weighted by atomic mass is 9.85. The van der Waals surface area contributed by atoms with Gasteiger partial charge in [0, 0.05) is 5.56 Å². The number of hydrazine groups is 1. The Hall–Kier alpha value is -3.36. The van der Waals surface area contributed by atoms with Crippen molar-refractivity contribution in [3.63, 3.8) is 0 Å². The highest BCUT2D eigenvalue weighted by atomic mass is 16.5. The Morgan fingerprint density at radius 3 is 2.17 bits per heavy atom. The fraction of sp³-hybridized carbons (Fsp3) is 0.556. The second-order valence-electron chi connectivity index (χ2n) is 10.2. The average Bonchev–Trinajstić information content (AvgIpc) is 3.10. The molecule has 0 spiro atoms. The molecule has 1 fully saturated rings. The van der Waals surface area contributed by atoms with E-state index in [9.17, 15) is 19.2 Å². The first-order valence-electron chi connectivity index (χ1n) is 12.6. The molecule has 2 N–H and O–H groups in total. The smallest absolute Gasteiger partial charge is 0.269 e. The van der Waals surface area contributed by atoms with E-state index in [1.54, 1.807) is 12.1 Å². The van der Waals surface area contributed by atoms with Gasteiger partial charge in [-0.3, -0.25) is 34.9 Å². The average molecular weight is 500 g/mol. The summed E-state index contributed by atoms with van der Waals surface area (Å²) in [6.07, 6.45) is 5.98. The summed E-state index contributed by atoms with van der Waals surface area (Å²) in [5, 5.41) is 0. The molecule has 9 nitrogen and oxygen atoms in total. The molecule has 36 heavy (non-hydrogen) atoms. The standard InChI is InChI=1S/C27H37N3O6/c1-16(2)12-13-36-22-11-10-18(15-23(22)35-5)24(31)28-29-25(32)21(14-17(3)4)30-26(33)19-8-6-7-9-20(19)27(30)34/h6-7,10-11,15-17,19-21H,8-9,12-14H2,1-5H3,(H,28,31)(H,29,32). The number of carbonyl (C=O) groups excluding carboxylic acids is 4. The van der Waals surface area contributed by atoms with Gasteiger partial charge in [0.2, 0.25) is 11.8 Å². The van der Waals surface area contributed by atoms with E-state index >= 15 is 0 Å². The number of amides is 4. The molecule has 3 rings (SSSR count). The van der Waals surface area contributed by atoms with Crippen LogP contribution in [0.3, 0.4) is 0 Å². The molecule has 0 saturated carbocycles. The third-order valence-electron chi connectivity index (χ3n) is 6.53. The molecule has 3 unspecified atom stereocenters. The summed E-state index contributed by atoms with van der Waals surface area (Å²) in [7, 11) is 1.49. The Morgan fingerprint density at radius 1 is 0.972 bits per heavy atom. The van der Waals surface area contributed by atoms with Gasteiger partial charge >= 0.3 is 0 Å². The molecular formula is C27H37N3O6. The summed E-state index contributed by atoms with van der Waals surface area (Å²) >= 11 is 0. The molecule has 9 heteroatoms. The number of methoxy groups -OCH3 is 1. The Kier molecular flexibility index (Phi) is 9.12. The van der Waals surface area contributed by atoms with Gasteiger partial charge in [-0.2, -0.15) is 0 Å².